The summed E-state index contributed by atoms with van der Waals surface area (Å²) in [5.74, 6) is 1.34. The van der Waals surface area contributed by atoms with Crippen LogP contribution in [0.3, 0.4) is 0 Å². The molecular weight excluding hydrogens is 627 g/mol. The lowest BCUT2D eigenvalue weighted by Crippen LogP contribution is -2.39. The number of carbonyl (C=O) groups is 1. The fourth-order valence-corrected chi connectivity index (χ4v) is 5.55. The summed E-state index contributed by atoms with van der Waals surface area (Å²) < 4.78 is 20.6. The molecule has 9 nitrogen and oxygen atoms in total. The Balaban J connectivity index is 1.12. The summed E-state index contributed by atoms with van der Waals surface area (Å²) in [5, 5.41) is 15.8. The van der Waals surface area contributed by atoms with Crippen LogP contribution in [0.5, 0.6) is 11.5 Å². The SMILES string of the molecule is C[C@H]1[C@@H](Cn2cnc(Cl)c2Cl)O[C@@H](c2ccc(NC(=O)Nc3ccc(Oc4ccccc4)cc3)cc2)O[C@H]1c1ccc(CO)cc1. The van der Waals surface area contributed by atoms with E-state index >= 15 is 0 Å². The topological polar surface area (TPSA) is 107 Å². The van der Waals surface area contributed by atoms with Crippen molar-refractivity contribution in [3.63, 3.8) is 0 Å². The van der Waals surface area contributed by atoms with E-state index in [1.165, 1.54) is 0 Å². The smallest absolute Gasteiger partial charge is 0.323 e. The number of para-hydroxylation sites is 1. The number of aliphatic hydroxyl groups is 1. The van der Waals surface area contributed by atoms with Crippen LogP contribution in [0.25, 0.3) is 0 Å². The molecule has 4 atom stereocenters. The van der Waals surface area contributed by atoms with Crippen molar-refractivity contribution in [2.24, 2.45) is 5.92 Å². The standard InChI is InChI=1S/C35H32Cl2N4O5/c1-22-30(19-41-21-38-32(36)33(41)37)45-34(46-31(22)24-9-7-23(20-42)8-10-24)25-11-13-26(14-12-25)39-35(43)40-27-15-17-29(18-16-27)44-28-5-3-2-4-6-28/h2-18,21-22,30-31,34,42H,19-20H2,1H3,(H2,39,40,43)/t22-,30+,31+,34+/m0/s1. The molecule has 6 rings (SSSR count). The van der Waals surface area contributed by atoms with Crippen LogP contribution in [0.2, 0.25) is 10.3 Å². The van der Waals surface area contributed by atoms with Crippen LogP contribution in [0.1, 0.15) is 36.0 Å². The molecule has 46 heavy (non-hydrogen) atoms. The number of anilines is 2. The van der Waals surface area contributed by atoms with Crippen molar-refractivity contribution in [1.82, 2.24) is 9.55 Å². The second-order valence-corrected chi connectivity index (χ2v) is 11.7. The summed E-state index contributed by atoms with van der Waals surface area (Å²) >= 11 is 12.5. The van der Waals surface area contributed by atoms with Crippen molar-refractivity contribution in [1.29, 1.82) is 0 Å². The Labute approximate surface area is 276 Å². The second kappa shape index (κ2) is 14.4. The summed E-state index contributed by atoms with van der Waals surface area (Å²) in [4.78, 5) is 16.8. The van der Waals surface area contributed by atoms with E-state index < -0.39 is 6.29 Å². The predicted molar refractivity (Wildman–Crippen MR) is 177 cm³/mol. The number of aliphatic hydroxyl groups excluding tert-OH is 1. The summed E-state index contributed by atoms with van der Waals surface area (Å²) in [5.41, 5.74) is 3.78. The molecule has 1 aromatic heterocycles. The van der Waals surface area contributed by atoms with Crippen LogP contribution in [-0.2, 0) is 22.6 Å². The number of rotatable bonds is 9. The van der Waals surface area contributed by atoms with E-state index in [1.807, 2.05) is 66.7 Å². The maximum atomic E-state index is 12.7. The highest BCUT2D eigenvalue weighted by Crippen LogP contribution is 2.42. The number of carbonyl (C=O) groups excluding carboxylic acids is 1. The molecule has 0 bridgehead atoms. The molecule has 11 heteroatoms. The third-order valence-electron chi connectivity index (χ3n) is 7.76. The van der Waals surface area contributed by atoms with Crippen LogP contribution < -0.4 is 15.4 Å². The lowest BCUT2D eigenvalue weighted by molar-refractivity contribution is -0.276. The van der Waals surface area contributed by atoms with Crippen molar-refractivity contribution in [3.05, 3.63) is 136 Å². The normalized spacial score (nSPS) is 19.4. The van der Waals surface area contributed by atoms with E-state index in [0.29, 0.717) is 28.8 Å². The molecule has 0 unspecified atom stereocenters. The molecule has 2 amide bonds. The van der Waals surface area contributed by atoms with Gasteiger partial charge in [-0.15, -0.1) is 0 Å². The van der Waals surface area contributed by atoms with Gasteiger partial charge in [-0.25, -0.2) is 9.78 Å². The predicted octanol–water partition coefficient (Wildman–Crippen LogP) is 8.61. The minimum atomic E-state index is -0.694. The van der Waals surface area contributed by atoms with Gasteiger partial charge in [-0.05, 0) is 59.7 Å². The van der Waals surface area contributed by atoms with Gasteiger partial charge in [-0.2, -0.15) is 0 Å². The highest BCUT2D eigenvalue weighted by Gasteiger charge is 2.38. The van der Waals surface area contributed by atoms with Crippen LogP contribution in [0.4, 0.5) is 16.2 Å². The van der Waals surface area contributed by atoms with Gasteiger partial charge in [-0.1, -0.05) is 84.7 Å². The van der Waals surface area contributed by atoms with Crippen molar-refractivity contribution in [2.45, 2.75) is 38.6 Å². The van der Waals surface area contributed by atoms with E-state index in [1.54, 1.807) is 47.3 Å². The molecule has 2 heterocycles. The fourth-order valence-electron chi connectivity index (χ4n) is 5.24. The largest absolute Gasteiger partial charge is 0.457 e. The maximum Gasteiger partial charge on any atom is 0.323 e. The highest BCUT2D eigenvalue weighted by atomic mass is 35.5. The number of amides is 2. The minimum absolute atomic E-state index is 0.0377. The van der Waals surface area contributed by atoms with Crippen LogP contribution in [-0.4, -0.2) is 26.8 Å². The number of aromatic nitrogens is 2. The molecular formula is C35H32Cl2N4O5. The number of halogens is 2. The van der Waals surface area contributed by atoms with Gasteiger partial charge < -0.3 is 34.5 Å². The summed E-state index contributed by atoms with van der Waals surface area (Å²) in [6, 6.07) is 31.2. The molecule has 0 aliphatic carbocycles. The van der Waals surface area contributed by atoms with Gasteiger partial charge in [0.1, 0.15) is 16.7 Å². The number of benzene rings is 4. The third kappa shape index (κ3) is 7.52. The molecule has 0 spiro atoms. The number of hydrogen-bond acceptors (Lipinski definition) is 6. The van der Waals surface area contributed by atoms with E-state index in [9.17, 15) is 9.90 Å². The lowest BCUT2D eigenvalue weighted by atomic mass is 9.90. The van der Waals surface area contributed by atoms with Crippen molar-refractivity contribution in [3.8, 4) is 11.5 Å². The Morgan fingerprint density at radius 1 is 0.848 bits per heavy atom. The van der Waals surface area contributed by atoms with Gasteiger partial charge in [0, 0.05) is 22.9 Å². The van der Waals surface area contributed by atoms with E-state index in [4.69, 9.17) is 37.4 Å². The molecule has 1 saturated heterocycles. The van der Waals surface area contributed by atoms with Gasteiger partial charge in [0.25, 0.3) is 0 Å². The number of nitrogens with one attached hydrogen (secondary N) is 2. The number of urea groups is 1. The van der Waals surface area contributed by atoms with E-state index in [2.05, 4.69) is 22.5 Å². The molecule has 1 aliphatic heterocycles. The first-order valence-electron chi connectivity index (χ1n) is 14.7. The summed E-state index contributed by atoms with van der Waals surface area (Å²) in [6.07, 6.45) is 0.301. The molecule has 1 fully saturated rings. The summed E-state index contributed by atoms with van der Waals surface area (Å²) in [7, 11) is 0. The van der Waals surface area contributed by atoms with Crippen LogP contribution in [0, 0.1) is 5.92 Å². The zero-order valence-corrected chi connectivity index (χ0v) is 26.4. The molecule has 4 aromatic carbocycles. The fraction of sp³-hybridized carbons (Fsp3) is 0.200. The van der Waals surface area contributed by atoms with Gasteiger partial charge in [-0.3, -0.25) is 0 Å². The zero-order valence-electron chi connectivity index (χ0n) is 24.8. The minimum Gasteiger partial charge on any atom is -0.457 e. The molecule has 0 saturated carbocycles. The van der Waals surface area contributed by atoms with E-state index in [-0.39, 0.29) is 35.9 Å². The first-order valence-corrected chi connectivity index (χ1v) is 15.5. The number of ether oxygens (including phenoxy) is 3. The molecule has 1 aliphatic rings. The van der Waals surface area contributed by atoms with Gasteiger partial charge >= 0.3 is 6.03 Å². The Hall–Kier alpha value is -4.38. The lowest BCUT2D eigenvalue weighted by Gasteiger charge is -2.41. The first kappa shape index (κ1) is 31.6. The Morgan fingerprint density at radius 2 is 1.46 bits per heavy atom. The zero-order chi connectivity index (χ0) is 32.0. The first-order chi connectivity index (χ1) is 22.4. The molecule has 0 radical (unpaired) electrons. The van der Waals surface area contributed by atoms with Crippen molar-refractivity contribution >= 4 is 40.6 Å². The molecule has 3 N–H and O–H groups in total. The molecule has 5 aromatic rings. The summed E-state index contributed by atoms with van der Waals surface area (Å²) in [6.45, 7) is 2.45. The maximum absolute atomic E-state index is 12.7. The Morgan fingerprint density at radius 3 is 2.07 bits per heavy atom. The average molecular weight is 660 g/mol. The van der Waals surface area contributed by atoms with Crippen LogP contribution in [0.15, 0.2) is 109 Å². The Kier molecular flexibility index (Phi) is 9.87. The molecule has 236 valence electrons. The van der Waals surface area contributed by atoms with Crippen molar-refractivity contribution < 1.29 is 24.1 Å². The van der Waals surface area contributed by atoms with E-state index in [0.717, 1.165) is 22.4 Å². The number of hydrogen-bond donors (Lipinski definition) is 3. The third-order valence-corrected chi connectivity index (χ3v) is 8.53. The second-order valence-electron chi connectivity index (χ2n) is 10.9. The van der Waals surface area contributed by atoms with Crippen LogP contribution >= 0.6 is 23.2 Å². The average Bonchev–Trinajstić information content (AvgIpc) is 3.39. The number of imidazole rings is 1. The highest BCUT2D eigenvalue weighted by molar-refractivity contribution is 6.40. The quantitative estimate of drug-likeness (QED) is 0.146. The van der Waals surface area contributed by atoms with Gasteiger partial charge in [0.15, 0.2) is 11.4 Å². The monoisotopic (exact) mass is 658 g/mol. The number of nitrogens with zero attached hydrogens (tertiary/aromatic N) is 2. The Bertz CT molecular complexity index is 1750. The van der Waals surface area contributed by atoms with Gasteiger partial charge in [0.05, 0.1) is 31.7 Å². The van der Waals surface area contributed by atoms with Gasteiger partial charge in [0.2, 0.25) is 0 Å². The van der Waals surface area contributed by atoms with Crippen molar-refractivity contribution in [2.75, 3.05) is 10.6 Å².